The van der Waals surface area contributed by atoms with Crippen molar-refractivity contribution in [3.8, 4) is 6.07 Å². The van der Waals surface area contributed by atoms with Crippen LogP contribution in [0.25, 0.3) is 0 Å². The molecule has 21 heavy (non-hydrogen) atoms. The minimum absolute atomic E-state index is 0.0386. The van der Waals surface area contributed by atoms with Crippen molar-refractivity contribution in [1.29, 1.82) is 5.26 Å². The molecule has 1 amide bonds. The lowest BCUT2D eigenvalue weighted by atomic mass is 9.92. The molecule has 6 heteroatoms. The second-order valence-corrected chi connectivity index (χ2v) is 6.54. The van der Waals surface area contributed by atoms with E-state index in [9.17, 15) is 4.79 Å². The van der Waals surface area contributed by atoms with Gasteiger partial charge in [-0.25, -0.2) is 0 Å². The van der Waals surface area contributed by atoms with Crippen molar-refractivity contribution in [1.82, 2.24) is 4.90 Å². The lowest BCUT2D eigenvalue weighted by Crippen LogP contribution is -2.47. The van der Waals surface area contributed by atoms with Crippen molar-refractivity contribution in [3.05, 3.63) is 17.0 Å². The van der Waals surface area contributed by atoms with Crippen molar-refractivity contribution in [2.45, 2.75) is 32.2 Å². The molecule has 1 aliphatic heterocycles. The summed E-state index contributed by atoms with van der Waals surface area (Å²) >= 11 is 1.38. The first kappa shape index (κ1) is 16.0. The van der Waals surface area contributed by atoms with Gasteiger partial charge in [0, 0.05) is 25.6 Å². The van der Waals surface area contributed by atoms with E-state index in [2.05, 4.69) is 23.2 Å². The van der Waals surface area contributed by atoms with Crippen LogP contribution in [0.3, 0.4) is 0 Å². The molecule has 1 aromatic heterocycles. The molecule has 0 radical (unpaired) electrons. The van der Waals surface area contributed by atoms with Gasteiger partial charge in [-0.15, -0.1) is 11.3 Å². The van der Waals surface area contributed by atoms with Crippen LogP contribution in [0.5, 0.6) is 0 Å². The summed E-state index contributed by atoms with van der Waals surface area (Å²) in [6.45, 7) is 4.65. The van der Waals surface area contributed by atoms with Crippen molar-refractivity contribution < 1.29 is 4.79 Å². The van der Waals surface area contributed by atoms with Gasteiger partial charge < -0.3 is 11.1 Å². The number of nitrogens with one attached hydrogen (secondary N) is 1. The molecule has 1 saturated heterocycles. The molecule has 0 bridgehead atoms. The molecular formula is C15H22N4OS. The average molecular weight is 306 g/mol. The van der Waals surface area contributed by atoms with Crippen LogP contribution in [0.1, 0.15) is 31.7 Å². The van der Waals surface area contributed by atoms with Crippen LogP contribution < -0.4 is 11.1 Å². The summed E-state index contributed by atoms with van der Waals surface area (Å²) in [6.07, 6.45) is 2.72. The van der Waals surface area contributed by atoms with E-state index in [1.54, 1.807) is 6.07 Å². The van der Waals surface area contributed by atoms with Gasteiger partial charge in [0.25, 0.3) is 0 Å². The molecule has 2 unspecified atom stereocenters. The third-order valence-electron chi connectivity index (χ3n) is 4.04. The Morgan fingerprint density at radius 3 is 3.19 bits per heavy atom. The number of likely N-dealkylation sites (tertiary alicyclic amines) is 1. The van der Waals surface area contributed by atoms with Gasteiger partial charge in [0.2, 0.25) is 5.91 Å². The molecular weight excluding hydrogens is 284 g/mol. The first-order valence-electron chi connectivity index (χ1n) is 7.35. The van der Waals surface area contributed by atoms with Gasteiger partial charge in [0.05, 0.1) is 5.56 Å². The molecule has 3 N–H and O–H groups in total. The second-order valence-electron chi connectivity index (χ2n) is 5.63. The molecule has 0 aromatic carbocycles. The summed E-state index contributed by atoms with van der Waals surface area (Å²) in [6, 6.07) is 4.18. The van der Waals surface area contributed by atoms with E-state index in [0.717, 1.165) is 19.5 Å². The minimum atomic E-state index is -0.0386. The number of carbonyl (C=O) groups excluding carboxylic acids is 1. The smallest absolute Gasteiger partial charge is 0.226 e. The Morgan fingerprint density at radius 1 is 1.67 bits per heavy atom. The number of nitrogens with zero attached hydrogens (tertiary/aromatic N) is 2. The number of nitriles is 1. The van der Waals surface area contributed by atoms with E-state index in [1.165, 1.54) is 17.8 Å². The quantitative estimate of drug-likeness (QED) is 0.872. The van der Waals surface area contributed by atoms with Crippen molar-refractivity contribution in [3.63, 3.8) is 0 Å². The molecule has 0 aliphatic carbocycles. The molecule has 2 heterocycles. The number of piperidine rings is 1. The van der Waals surface area contributed by atoms with Gasteiger partial charge in [-0.05, 0) is 36.8 Å². The molecule has 2 atom stereocenters. The number of anilines is 1. The fourth-order valence-electron chi connectivity index (χ4n) is 2.77. The Kier molecular flexibility index (Phi) is 5.74. The van der Waals surface area contributed by atoms with Gasteiger partial charge >= 0.3 is 0 Å². The van der Waals surface area contributed by atoms with E-state index < -0.39 is 0 Å². The van der Waals surface area contributed by atoms with Crippen molar-refractivity contribution in [2.75, 3.05) is 25.0 Å². The highest BCUT2D eigenvalue weighted by molar-refractivity contribution is 7.14. The lowest BCUT2D eigenvalue weighted by molar-refractivity contribution is -0.116. The number of hydrogen-bond acceptors (Lipinski definition) is 5. The monoisotopic (exact) mass is 306 g/mol. The van der Waals surface area contributed by atoms with E-state index in [4.69, 9.17) is 11.0 Å². The molecule has 1 fully saturated rings. The van der Waals surface area contributed by atoms with Crippen LogP contribution in [0.4, 0.5) is 5.00 Å². The third-order valence-corrected chi connectivity index (χ3v) is 4.87. The highest BCUT2D eigenvalue weighted by Gasteiger charge is 2.25. The van der Waals surface area contributed by atoms with Gasteiger partial charge in [-0.2, -0.15) is 5.26 Å². The van der Waals surface area contributed by atoms with E-state index in [0.29, 0.717) is 35.5 Å². The van der Waals surface area contributed by atoms with Crippen LogP contribution in [0, 0.1) is 17.2 Å². The number of amides is 1. The molecule has 0 saturated carbocycles. The molecule has 1 aliphatic rings. The predicted molar refractivity (Wildman–Crippen MR) is 85.1 cm³/mol. The summed E-state index contributed by atoms with van der Waals surface area (Å²) in [5, 5.41) is 14.2. The Labute approximate surface area is 129 Å². The zero-order chi connectivity index (χ0) is 15.2. The topological polar surface area (TPSA) is 82.2 Å². The van der Waals surface area contributed by atoms with Crippen LogP contribution >= 0.6 is 11.3 Å². The Bertz CT molecular complexity index is 522. The summed E-state index contributed by atoms with van der Waals surface area (Å²) in [4.78, 5) is 14.3. The van der Waals surface area contributed by atoms with Crippen LogP contribution in [-0.2, 0) is 4.79 Å². The molecule has 1 aromatic rings. The standard InChI is InChI=1S/C15H22N4OS/c1-11-2-5-19(13(8-11)10-17)6-3-14(20)18-15-12(9-16)4-7-21-15/h4,7,11,13H,2-3,5-6,8,10,17H2,1H3,(H,18,20). The molecule has 114 valence electrons. The summed E-state index contributed by atoms with van der Waals surface area (Å²) in [5.74, 6) is 0.677. The Morgan fingerprint density at radius 2 is 2.48 bits per heavy atom. The number of hydrogen-bond donors (Lipinski definition) is 2. The number of nitrogens with two attached hydrogens (primary N) is 1. The highest BCUT2D eigenvalue weighted by Crippen LogP contribution is 2.23. The maximum Gasteiger partial charge on any atom is 0.226 e. The first-order valence-corrected chi connectivity index (χ1v) is 8.23. The summed E-state index contributed by atoms with van der Waals surface area (Å²) < 4.78 is 0. The summed E-state index contributed by atoms with van der Waals surface area (Å²) in [7, 11) is 0. The zero-order valence-electron chi connectivity index (χ0n) is 12.3. The van der Waals surface area contributed by atoms with Crippen LogP contribution in [0.15, 0.2) is 11.4 Å². The van der Waals surface area contributed by atoms with E-state index >= 15 is 0 Å². The number of thiophene rings is 1. The predicted octanol–water partition coefficient (Wildman–Crippen LogP) is 2.01. The van der Waals surface area contributed by atoms with Gasteiger partial charge in [-0.1, -0.05) is 6.92 Å². The van der Waals surface area contributed by atoms with Crippen LogP contribution in [0.2, 0.25) is 0 Å². The third kappa shape index (κ3) is 4.27. The Hall–Kier alpha value is -1.42. The second kappa shape index (κ2) is 7.55. The normalized spacial score (nSPS) is 22.7. The van der Waals surface area contributed by atoms with Gasteiger partial charge in [0.15, 0.2) is 0 Å². The molecule has 2 rings (SSSR count). The maximum atomic E-state index is 12.0. The Balaban J connectivity index is 1.82. The highest BCUT2D eigenvalue weighted by atomic mass is 32.1. The minimum Gasteiger partial charge on any atom is -0.329 e. The van der Waals surface area contributed by atoms with Crippen LogP contribution in [-0.4, -0.2) is 36.5 Å². The SMILES string of the molecule is CC1CCN(CCC(=O)Nc2sccc2C#N)C(CN)C1. The number of carbonyl (C=O) groups is 1. The van der Waals surface area contributed by atoms with E-state index in [-0.39, 0.29) is 5.91 Å². The fraction of sp³-hybridized carbons (Fsp3) is 0.600. The molecule has 5 nitrogen and oxygen atoms in total. The van der Waals surface area contributed by atoms with Gasteiger partial charge in [-0.3, -0.25) is 9.69 Å². The molecule has 0 spiro atoms. The first-order chi connectivity index (χ1) is 10.1. The van der Waals surface area contributed by atoms with E-state index in [1.807, 2.05) is 5.38 Å². The zero-order valence-corrected chi connectivity index (χ0v) is 13.2. The number of rotatable bonds is 5. The van der Waals surface area contributed by atoms with Crippen molar-refractivity contribution in [2.24, 2.45) is 11.7 Å². The summed E-state index contributed by atoms with van der Waals surface area (Å²) in [5.41, 5.74) is 6.36. The van der Waals surface area contributed by atoms with Gasteiger partial charge in [0.1, 0.15) is 11.1 Å². The largest absolute Gasteiger partial charge is 0.329 e. The fourth-order valence-corrected chi connectivity index (χ4v) is 3.52. The van der Waals surface area contributed by atoms with Crippen molar-refractivity contribution >= 4 is 22.2 Å². The average Bonchev–Trinajstić information content (AvgIpc) is 2.92. The lowest BCUT2D eigenvalue weighted by Gasteiger charge is -2.37. The maximum absolute atomic E-state index is 12.0.